The lowest BCUT2D eigenvalue weighted by molar-refractivity contribution is -0.626. The molecule has 0 fully saturated rings. The standard InChI is InChI=1S/C10H6N4O6/c15-11-3-1-7(13(17)18)5-9(11)10-6-8(14(19)20)2-4-12(10)16/h1-6H. The van der Waals surface area contributed by atoms with E-state index < -0.39 is 21.2 Å². The van der Waals surface area contributed by atoms with Gasteiger partial charge in [-0.15, -0.1) is 0 Å². The van der Waals surface area contributed by atoms with Gasteiger partial charge in [-0.2, -0.15) is 9.46 Å². The van der Waals surface area contributed by atoms with Crippen molar-refractivity contribution >= 4 is 11.4 Å². The van der Waals surface area contributed by atoms with Gasteiger partial charge in [0.15, 0.2) is 12.4 Å². The van der Waals surface area contributed by atoms with E-state index in [9.17, 15) is 30.6 Å². The molecule has 0 amide bonds. The molecule has 0 aliphatic carbocycles. The van der Waals surface area contributed by atoms with E-state index in [2.05, 4.69) is 0 Å². The van der Waals surface area contributed by atoms with Crippen LogP contribution in [0.25, 0.3) is 11.4 Å². The van der Waals surface area contributed by atoms with Crippen molar-refractivity contribution in [1.82, 2.24) is 0 Å². The predicted molar refractivity (Wildman–Crippen MR) is 63.1 cm³/mol. The lowest BCUT2D eigenvalue weighted by Crippen LogP contribution is -2.36. The molecule has 0 aromatic carbocycles. The zero-order valence-electron chi connectivity index (χ0n) is 9.70. The topological polar surface area (TPSA) is 140 Å². The van der Waals surface area contributed by atoms with E-state index in [1.165, 1.54) is 0 Å². The molecule has 102 valence electrons. The molecule has 0 saturated carbocycles. The predicted octanol–water partition coefficient (Wildman–Crippen LogP) is 0.437. The number of nitrogens with zero attached hydrogens (tertiary/aromatic N) is 4. The molecule has 20 heavy (non-hydrogen) atoms. The van der Waals surface area contributed by atoms with Gasteiger partial charge in [-0.3, -0.25) is 20.2 Å². The van der Waals surface area contributed by atoms with Crippen LogP contribution in [0.5, 0.6) is 0 Å². The van der Waals surface area contributed by atoms with E-state index in [1.54, 1.807) is 0 Å². The molecule has 0 atom stereocenters. The second-order valence-corrected chi connectivity index (χ2v) is 3.71. The summed E-state index contributed by atoms with van der Waals surface area (Å²) in [7, 11) is 0. The minimum Gasteiger partial charge on any atom is -0.618 e. The van der Waals surface area contributed by atoms with Crippen molar-refractivity contribution in [3.63, 3.8) is 0 Å². The number of hydrogen-bond acceptors (Lipinski definition) is 6. The quantitative estimate of drug-likeness (QED) is 0.345. The number of pyridine rings is 2. The Morgan fingerprint density at radius 3 is 1.45 bits per heavy atom. The van der Waals surface area contributed by atoms with Crippen LogP contribution in [-0.2, 0) is 0 Å². The molecule has 0 aliphatic rings. The summed E-state index contributed by atoms with van der Waals surface area (Å²) in [6.45, 7) is 0. The number of aromatic nitrogens is 2. The Hall–Kier alpha value is -3.30. The summed E-state index contributed by atoms with van der Waals surface area (Å²) in [6, 6.07) is 3.67. The van der Waals surface area contributed by atoms with Gasteiger partial charge < -0.3 is 10.4 Å². The molecule has 0 spiro atoms. The maximum absolute atomic E-state index is 11.6. The van der Waals surface area contributed by atoms with Crippen molar-refractivity contribution in [2.75, 3.05) is 0 Å². The first kappa shape index (κ1) is 13.1. The first-order valence-corrected chi connectivity index (χ1v) is 5.15. The smallest absolute Gasteiger partial charge is 0.297 e. The van der Waals surface area contributed by atoms with Gasteiger partial charge >= 0.3 is 0 Å². The molecule has 0 aliphatic heterocycles. The third-order valence-electron chi connectivity index (χ3n) is 2.49. The molecule has 0 saturated heterocycles. The van der Waals surface area contributed by atoms with Gasteiger partial charge in [0.2, 0.25) is 0 Å². The van der Waals surface area contributed by atoms with Gasteiger partial charge in [-0.1, -0.05) is 0 Å². The van der Waals surface area contributed by atoms with Crippen LogP contribution in [0.4, 0.5) is 11.4 Å². The van der Waals surface area contributed by atoms with Crippen LogP contribution in [-0.4, -0.2) is 9.85 Å². The average molecular weight is 278 g/mol. The first-order chi connectivity index (χ1) is 9.40. The maximum Gasteiger partial charge on any atom is 0.297 e. The highest BCUT2D eigenvalue weighted by Gasteiger charge is 2.25. The van der Waals surface area contributed by atoms with Crippen LogP contribution in [0.2, 0.25) is 0 Å². The Morgan fingerprint density at radius 1 is 0.800 bits per heavy atom. The highest BCUT2D eigenvalue weighted by molar-refractivity contribution is 5.54. The molecule has 0 N–H and O–H groups in total. The van der Waals surface area contributed by atoms with Gasteiger partial charge in [-0.05, 0) is 0 Å². The third-order valence-corrected chi connectivity index (χ3v) is 2.49. The second-order valence-electron chi connectivity index (χ2n) is 3.71. The summed E-state index contributed by atoms with van der Waals surface area (Å²) in [5.74, 6) is 0. The van der Waals surface area contributed by atoms with Crippen molar-refractivity contribution in [3.8, 4) is 11.4 Å². The van der Waals surface area contributed by atoms with Gasteiger partial charge in [0.05, 0.1) is 34.1 Å². The molecule has 2 rings (SSSR count). The van der Waals surface area contributed by atoms with E-state index >= 15 is 0 Å². The van der Waals surface area contributed by atoms with Crippen molar-refractivity contribution in [3.05, 3.63) is 67.3 Å². The van der Waals surface area contributed by atoms with Gasteiger partial charge in [0.25, 0.3) is 22.8 Å². The summed E-state index contributed by atoms with van der Waals surface area (Å²) in [5.41, 5.74) is -1.51. The molecule has 10 nitrogen and oxygen atoms in total. The Labute approximate surface area is 110 Å². The van der Waals surface area contributed by atoms with Crippen molar-refractivity contribution in [2.45, 2.75) is 0 Å². The normalized spacial score (nSPS) is 10.2. The molecule has 0 unspecified atom stereocenters. The SMILES string of the molecule is O=[N+]([O-])c1cc[n+]([O-])c(-c2cc([N+](=O)[O-])cc[n+]2[O-])c1. The summed E-state index contributed by atoms with van der Waals surface area (Å²) in [6.07, 6.45) is 1.71. The minimum absolute atomic E-state index is 0.223. The highest BCUT2D eigenvalue weighted by Crippen LogP contribution is 2.20. The fraction of sp³-hybridized carbons (Fsp3) is 0. The first-order valence-electron chi connectivity index (χ1n) is 5.15. The molecule has 10 heteroatoms. The van der Waals surface area contributed by atoms with Crippen LogP contribution in [0, 0.1) is 30.6 Å². The summed E-state index contributed by atoms with van der Waals surface area (Å²) >= 11 is 0. The fourth-order valence-electron chi connectivity index (χ4n) is 1.55. The average Bonchev–Trinajstić information content (AvgIpc) is 2.39. The van der Waals surface area contributed by atoms with Crippen molar-refractivity contribution in [2.24, 2.45) is 0 Å². The van der Waals surface area contributed by atoms with Crippen LogP contribution in [0.1, 0.15) is 0 Å². The molecule has 2 heterocycles. The highest BCUT2D eigenvalue weighted by atomic mass is 16.6. The Morgan fingerprint density at radius 2 is 1.15 bits per heavy atom. The Kier molecular flexibility index (Phi) is 3.13. The van der Waals surface area contributed by atoms with E-state index in [0.29, 0.717) is 0 Å². The van der Waals surface area contributed by atoms with Crippen molar-refractivity contribution in [1.29, 1.82) is 0 Å². The summed E-state index contributed by atoms with van der Waals surface area (Å²) < 4.78 is 0.445. The zero-order chi connectivity index (χ0) is 14.9. The van der Waals surface area contributed by atoms with Crippen LogP contribution in [0.3, 0.4) is 0 Å². The number of nitro groups is 2. The van der Waals surface area contributed by atoms with Gasteiger partial charge in [0, 0.05) is 0 Å². The van der Waals surface area contributed by atoms with Crippen molar-refractivity contribution < 1.29 is 19.3 Å². The summed E-state index contributed by atoms with van der Waals surface area (Å²) in [5, 5.41) is 44.5. The molecule has 2 aromatic heterocycles. The van der Waals surface area contributed by atoms with Crippen LogP contribution >= 0.6 is 0 Å². The monoisotopic (exact) mass is 278 g/mol. The molecule has 2 aromatic rings. The number of hydrogen-bond donors (Lipinski definition) is 0. The number of rotatable bonds is 3. The lowest BCUT2D eigenvalue weighted by atomic mass is 10.2. The van der Waals surface area contributed by atoms with E-state index in [0.717, 1.165) is 36.7 Å². The van der Waals surface area contributed by atoms with Gasteiger partial charge in [-0.25, -0.2) is 0 Å². The molecule has 0 radical (unpaired) electrons. The third kappa shape index (κ3) is 2.29. The minimum atomic E-state index is -0.740. The molecule has 0 bridgehead atoms. The maximum atomic E-state index is 11.6. The Bertz CT molecular complexity index is 655. The fourth-order valence-corrected chi connectivity index (χ4v) is 1.55. The Balaban J connectivity index is 2.67. The molecular weight excluding hydrogens is 272 g/mol. The van der Waals surface area contributed by atoms with E-state index in [1.807, 2.05) is 0 Å². The summed E-state index contributed by atoms with van der Waals surface area (Å²) in [4.78, 5) is 19.8. The second kappa shape index (κ2) is 4.76. The van der Waals surface area contributed by atoms with E-state index in [-0.39, 0.29) is 20.8 Å². The van der Waals surface area contributed by atoms with Gasteiger partial charge in [0.1, 0.15) is 0 Å². The molecular formula is C10H6N4O6. The van der Waals surface area contributed by atoms with E-state index in [4.69, 9.17) is 0 Å². The lowest BCUT2D eigenvalue weighted by Gasteiger charge is -2.04. The zero-order valence-corrected chi connectivity index (χ0v) is 9.70. The van der Waals surface area contributed by atoms with Crippen LogP contribution < -0.4 is 9.46 Å². The largest absolute Gasteiger partial charge is 0.618 e. The van der Waals surface area contributed by atoms with Crippen LogP contribution in [0.15, 0.2) is 36.7 Å².